The molecule has 0 aliphatic heterocycles. The molecule has 0 atom stereocenters. The molecule has 0 fully saturated rings. The smallest absolute Gasteiger partial charge is 0.343 e. The van der Waals surface area contributed by atoms with E-state index >= 15 is 0 Å². The number of ether oxygens (including phenoxy) is 1. The third-order valence-electron chi connectivity index (χ3n) is 2.14. The van der Waals surface area contributed by atoms with Crippen LogP contribution in [0.1, 0.15) is 42.8 Å². The van der Waals surface area contributed by atoms with Gasteiger partial charge < -0.3 is 10.5 Å². The van der Waals surface area contributed by atoms with Crippen molar-refractivity contribution in [3.05, 3.63) is 11.8 Å². The summed E-state index contributed by atoms with van der Waals surface area (Å²) in [7, 11) is 0. The highest BCUT2D eigenvalue weighted by molar-refractivity contribution is 5.97. The van der Waals surface area contributed by atoms with Gasteiger partial charge in [0.05, 0.1) is 12.8 Å². The number of nitrogen functional groups attached to an aromatic ring is 1. The Morgan fingerprint density at radius 3 is 2.53 bits per heavy atom. The maximum absolute atomic E-state index is 11.9. The Bertz CT molecular complexity index is 443. The van der Waals surface area contributed by atoms with Crippen LogP contribution in [0.15, 0.2) is 6.20 Å². The van der Waals surface area contributed by atoms with E-state index in [2.05, 4.69) is 5.10 Å². The van der Waals surface area contributed by atoms with Gasteiger partial charge in [0.2, 0.25) is 0 Å². The van der Waals surface area contributed by atoms with Crippen molar-refractivity contribution in [3.63, 3.8) is 0 Å². The molecule has 1 aromatic heterocycles. The van der Waals surface area contributed by atoms with Crippen molar-refractivity contribution in [1.29, 1.82) is 0 Å². The quantitative estimate of drug-likeness (QED) is 0.786. The van der Waals surface area contributed by atoms with Crippen LogP contribution in [0, 0.1) is 5.41 Å². The first-order chi connectivity index (χ1) is 7.79. The maximum Gasteiger partial charge on any atom is 0.343 e. The Morgan fingerprint density at radius 2 is 2.06 bits per heavy atom. The Morgan fingerprint density at radius 1 is 1.47 bits per heavy atom. The molecule has 0 spiro atoms. The van der Waals surface area contributed by atoms with Gasteiger partial charge in [-0.05, 0) is 6.92 Å². The lowest BCUT2D eigenvalue weighted by atomic mass is 9.96. The minimum Gasteiger partial charge on any atom is -0.462 e. The first-order valence-corrected chi connectivity index (χ1v) is 5.34. The molecule has 6 nitrogen and oxygen atoms in total. The molecule has 0 aromatic carbocycles. The Balaban J connectivity index is 3.07. The third kappa shape index (κ3) is 2.64. The van der Waals surface area contributed by atoms with Crippen molar-refractivity contribution in [2.45, 2.75) is 27.7 Å². The lowest BCUT2D eigenvalue weighted by molar-refractivity contribution is 0.0527. The summed E-state index contributed by atoms with van der Waals surface area (Å²) in [6, 6.07) is 0. The van der Waals surface area contributed by atoms with Crippen molar-refractivity contribution in [3.8, 4) is 0 Å². The van der Waals surface area contributed by atoms with Gasteiger partial charge in [-0.3, -0.25) is 4.79 Å². The fraction of sp³-hybridized carbons (Fsp3) is 0.545. The first-order valence-electron chi connectivity index (χ1n) is 5.34. The zero-order chi connectivity index (χ0) is 13.2. The van der Waals surface area contributed by atoms with Gasteiger partial charge in [0.15, 0.2) is 0 Å². The molecule has 0 unspecified atom stereocenters. The van der Waals surface area contributed by atoms with Crippen LogP contribution in [0.5, 0.6) is 0 Å². The average molecular weight is 239 g/mol. The second-order valence-corrected chi connectivity index (χ2v) is 4.63. The SMILES string of the molecule is CCOC(=O)c1cnn(C(=O)C(C)(C)C)c1N. The van der Waals surface area contributed by atoms with Crippen LogP contribution in [-0.2, 0) is 4.74 Å². The van der Waals surface area contributed by atoms with E-state index in [0.717, 1.165) is 4.68 Å². The van der Waals surface area contributed by atoms with E-state index in [1.165, 1.54) is 6.20 Å². The highest BCUT2D eigenvalue weighted by Gasteiger charge is 2.27. The Labute approximate surface area is 99.7 Å². The third-order valence-corrected chi connectivity index (χ3v) is 2.14. The standard InChI is InChI=1S/C11H17N3O3/c1-5-17-9(15)7-6-13-14(8(7)12)10(16)11(2,3)4/h6H,5,12H2,1-4H3. The summed E-state index contributed by atoms with van der Waals surface area (Å²) < 4.78 is 5.84. The number of carbonyl (C=O) groups is 2. The molecule has 0 saturated heterocycles. The normalized spacial score (nSPS) is 11.3. The lowest BCUT2D eigenvalue weighted by Crippen LogP contribution is -2.28. The fourth-order valence-corrected chi connectivity index (χ4v) is 1.20. The summed E-state index contributed by atoms with van der Waals surface area (Å²) in [6.07, 6.45) is 1.25. The van der Waals surface area contributed by atoms with E-state index in [1.54, 1.807) is 27.7 Å². The number of aromatic nitrogens is 2. The second kappa shape index (κ2) is 4.57. The second-order valence-electron chi connectivity index (χ2n) is 4.63. The number of hydrogen-bond acceptors (Lipinski definition) is 5. The summed E-state index contributed by atoms with van der Waals surface area (Å²) >= 11 is 0. The molecule has 0 amide bonds. The minimum atomic E-state index is -0.619. The van der Waals surface area contributed by atoms with Gasteiger partial charge in [-0.15, -0.1) is 0 Å². The topological polar surface area (TPSA) is 87.2 Å². The molecule has 0 saturated carbocycles. The Kier molecular flexibility index (Phi) is 3.55. The zero-order valence-electron chi connectivity index (χ0n) is 10.5. The number of hydrogen-bond donors (Lipinski definition) is 1. The van der Waals surface area contributed by atoms with Crippen molar-refractivity contribution >= 4 is 17.7 Å². The van der Waals surface area contributed by atoms with Gasteiger partial charge in [0.1, 0.15) is 11.4 Å². The number of nitrogens with two attached hydrogens (primary N) is 1. The summed E-state index contributed by atoms with van der Waals surface area (Å²) in [5.41, 5.74) is 5.21. The van der Waals surface area contributed by atoms with Crippen LogP contribution in [-0.4, -0.2) is 28.3 Å². The van der Waals surface area contributed by atoms with Gasteiger partial charge in [0, 0.05) is 5.41 Å². The molecular formula is C11H17N3O3. The van der Waals surface area contributed by atoms with E-state index in [1.807, 2.05) is 0 Å². The lowest BCUT2D eigenvalue weighted by Gasteiger charge is -2.16. The van der Waals surface area contributed by atoms with Crippen molar-refractivity contribution in [1.82, 2.24) is 9.78 Å². The van der Waals surface area contributed by atoms with Crippen LogP contribution in [0.3, 0.4) is 0 Å². The predicted molar refractivity (Wildman–Crippen MR) is 62.7 cm³/mol. The van der Waals surface area contributed by atoms with Gasteiger partial charge in [0.25, 0.3) is 5.91 Å². The molecule has 6 heteroatoms. The number of carbonyl (C=O) groups excluding carboxylic acids is 2. The summed E-state index contributed by atoms with van der Waals surface area (Å²) in [4.78, 5) is 23.4. The van der Waals surface area contributed by atoms with Gasteiger partial charge in [-0.1, -0.05) is 20.8 Å². The molecule has 94 valence electrons. The summed E-state index contributed by atoms with van der Waals surface area (Å²) in [6.45, 7) is 7.19. The fourth-order valence-electron chi connectivity index (χ4n) is 1.20. The molecule has 17 heavy (non-hydrogen) atoms. The molecule has 0 radical (unpaired) electrons. The number of esters is 1. The molecule has 0 aliphatic rings. The Hall–Kier alpha value is -1.85. The molecule has 1 aromatic rings. The molecular weight excluding hydrogens is 222 g/mol. The molecule has 2 N–H and O–H groups in total. The van der Waals surface area contributed by atoms with E-state index in [9.17, 15) is 9.59 Å². The summed E-state index contributed by atoms with van der Waals surface area (Å²) in [5.74, 6) is -0.827. The van der Waals surface area contributed by atoms with Crippen LogP contribution in [0.4, 0.5) is 5.82 Å². The van der Waals surface area contributed by atoms with Crippen molar-refractivity contribution < 1.29 is 14.3 Å². The molecule has 0 aliphatic carbocycles. The van der Waals surface area contributed by atoms with Gasteiger partial charge in [-0.2, -0.15) is 9.78 Å². The van der Waals surface area contributed by atoms with Crippen LogP contribution in [0.2, 0.25) is 0 Å². The van der Waals surface area contributed by atoms with E-state index in [-0.39, 0.29) is 23.9 Å². The first kappa shape index (κ1) is 13.2. The van der Waals surface area contributed by atoms with E-state index < -0.39 is 11.4 Å². The zero-order valence-corrected chi connectivity index (χ0v) is 10.5. The van der Waals surface area contributed by atoms with E-state index in [4.69, 9.17) is 10.5 Å². The molecule has 1 rings (SSSR count). The van der Waals surface area contributed by atoms with Crippen molar-refractivity contribution in [2.75, 3.05) is 12.3 Å². The van der Waals surface area contributed by atoms with Crippen LogP contribution in [0.25, 0.3) is 0 Å². The van der Waals surface area contributed by atoms with Gasteiger partial charge in [-0.25, -0.2) is 4.79 Å². The average Bonchev–Trinajstić information content (AvgIpc) is 2.58. The van der Waals surface area contributed by atoms with Crippen LogP contribution >= 0.6 is 0 Å². The van der Waals surface area contributed by atoms with Crippen molar-refractivity contribution in [2.24, 2.45) is 5.41 Å². The number of anilines is 1. The number of rotatable bonds is 2. The van der Waals surface area contributed by atoms with E-state index in [0.29, 0.717) is 0 Å². The number of nitrogens with zero attached hydrogens (tertiary/aromatic N) is 2. The summed E-state index contributed by atoms with van der Waals surface area (Å²) in [5, 5.41) is 3.83. The molecule has 1 heterocycles. The highest BCUT2D eigenvalue weighted by atomic mass is 16.5. The monoisotopic (exact) mass is 239 g/mol. The van der Waals surface area contributed by atoms with Gasteiger partial charge >= 0.3 is 5.97 Å². The highest BCUT2D eigenvalue weighted by Crippen LogP contribution is 2.20. The largest absolute Gasteiger partial charge is 0.462 e. The minimum absolute atomic E-state index is 0.0170. The predicted octanol–water partition coefficient (Wildman–Crippen LogP) is 1.33. The van der Waals surface area contributed by atoms with Crippen LogP contribution < -0.4 is 5.73 Å². The maximum atomic E-state index is 11.9. The molecule has 0 bridgehead atoms.